The molecule has 5 rings (SSSR count). The number of aromatic nitrogens is 1. The van der Waals surface area contributed by atoms with Gasteiger partial charge in [0.25, 0.3) is 0 Å². The number of ether oxygens (including phenoxy) is 1. The molecule has 4 aromatic rings. The number of pyridine rings is 1. The maximum atomic E-state index is 10.3. The molecule has 0 saturated heterocycles. The fourth-order valence-corrected chi connectivity index (χ4v) is 4.78. The van der Waals surface area contributed by atoms with Crippen LogP contribution in [0.2, 0.25) is 6.32 Å². The SMILES string of the molecule is C=C(COc1ccccc1)C1=CCB(O)OC1CC/C(=C/c1ccc(O)c2ccccc12)c1ccccn1. The Balaban J connectivity index is 1.39. The van der Waals surface area contributed by atoms with Crippen molar-refractivity contribution < 1.29 is 19.5 Å². The molecule has 1 aromatic heterocycles. The monoisotopic (exact) mass is 503 g/mol. The number of fused-ring (bicyclic) bond motifs is 1. The quantitative estimate of drug-likeness (QED) is 0.249. The van der Waals surface area contributed by atoms with Gasteiger partial charge >= 0.3 is 7.12 Å². The second-order valence-electron chi connectivity index (χ2n) is 9.32. The third kappa shape index (κ3) is 6.05. The Morgan fingerprint density at radius 2 is 1.76 bits per heavy atom. The van der Waals surface area contributed by atoms with Gasteiger partial charge in [-0.3, -0.25) is 4.98 Å². The van der Waals surface area contributed by atoms with E-state index in [0.717, 1.165) is 44.5 Å². The Hall–Kier alpha value is -4.13. The lowest BCUT2D eigenvalue weighted by atomic mass is 9.78. The largest absolute Gasteiger partial charge is 0.507 e. The molecule has 0 fully saturated rings. The van der Waals surface area contributed by atoms with E-state index in [0.29, 0.717) is 25.8 Å². The molecule has 2 heterocycles. The van der Waals surface area contributed by atoms with Gasteiger partial charge in [0.1, 0.15) is 18.1 Å². The van der Waals surface area contributed by atoms with Crippen LogP contribution in [0, 0.1) is 0 Å². The standard InChI is InChI=1S/C32H30BNO4/c1-23(22-37-26-9-3-2-4-10-26)27-18-19-33(36)38-32(27)17-15-25(30-13-7-8-20-34-30)21-24-14-16-31(35)29-12-6-5-11-28(24)29/h2-14,16,18,20-21,32,35-36H,1,15,17,19,22H2/b25-21-. The molecule has 0 saturated carbocycles. The average Bonchev–Trinajstić information content (AvgIpc) is 2.96. The van der Waals surface area contributed by atoms with Gasteiger partial charge in [0, 0.05) is 17.9 Å². The minimum absolute atomic E-state index is 0.257. The van der Waals surface area contributed by atoms with Gasteiger partial charge in [-0.05, 0) is 76.9 Å². The van der Waals surface area contributed by atoms with Gasteiger partial charge < -0.3 is 19.5 Å². The van der Waals surface area contributed by atoms with Crippen molar-refractivity contribution in [3.8, 4) is 11.5 Å². The zero-order valence-corrected chi connectivity index (χ0v) is 21.2. The van der Waals surface area contributed by atoms with E-state index < -0.39 is 7.12 Å². The number of benzene rings is 3. The van der Waals surface area contributed by atoms with Crippen molar-refractivity contribution in [1.29, 1.82) is 0 Å². The van der Waals surface area contributed by atoms with E-state index in [1.807, 2.05) is 84.9 Å². The summed E-state index contributed by atoms with van der Waals surface area (Å²) < 4.78 is 11.9. The van der Waals surface area contributed by atoms with Crippen LogP contribution in [0.15, 0.2) is 115 Å². The summed E-state index contributed by atoms with van der Waals surface area (Å²) in [5.74, 6) is 1.04. The van der Waals surface area contributed by atoms with E-state index in [1.54, 1.807) is 12.3 Å². The number of phenols is 1. The number of allylic oxidation sites excluding steroid dienone is 2. The number of hydrogen-bond donors (Lipinski definition) is 2. The molecular weight excluding hydrogens is 473 g/mol. The molecule has 0 aliphatic carbocycles. The summed E-state index contributed by atoms with van der Waals surface area (Å²) in [4.78, 5) is 4.61. The first-order valence-electron chi connectivity index (χ1n) is 12.8. The molecule has 0 spiro atoms. The van der Waals surface area contributed by atoms with Gasteiger partial charge in [-0.15, -0.1) is 0 Å². The van der Waals surface area contributed by atoms with Crippen molar-refractivity contribution in [1.82, 2.24) is 4.98 Å². The Bertz CT molecular complexity index is 1470. The van der Waals surface area contributed by atoms with Crippen molar-refractivity contribution in [2.45, 2.75) is 25.3 Å². The van der Waals surface area contributed by atoms with Gasteiger partial charge in [-0.1, -0.05) is 67.3 Å². The molecule has 1 atom stereocenters. The molecule has 6 heteroatoms. The van der Waals surface area contributed by atoms with Crippen LogP contribution in [0.4, 0.5) is 0 Å². The predicted molar refractivity (Wildman–Crippen MR) is 154 cm³/mol. The van der Waals surface area contributed by atoms with E-state index in [9.17, 15) is 10.1 Å². The molecule has 5 nitrogen and oxygen atoms in total. The van der Waals surface area contributed by atoms with Crippen molar-refractivity contribution in [2.75, 3.05) is 6.61 Å². The van der Waals surface area contributed by atoms with Gasteiger partial charge in [-0.2, -0.15) is 0 Å². The van der Waals surface area contributed by atoms with E-state index in [4.69, 9.17) is 9.39 Å². The normalized spacial score (nSPS) is 15.8. The fraction of sp³-hybridized carbons (Fsp3) is 0.156. The average molecular weight is 503 g/mol. The Labute approximate surface area is 223 Å². The maximum absolute atomic E-state index is 10.3. The van der Waals surface area contributed by atoms with Crippen LogP contribution in [-0.2, 0) is 4.65 Å². The molecule has 1 unspecified atom stereocenters. The first-order chi connectivity index (χ1) is 18.6. The zero-order chi connectivity index (χ0) is 26.3. The minimum atomic E-state index is -0.852. The molecule has 190 valence electrons. The number of rotatable bonds is 9. The fourth-order valence-electron chi connectivity index (χ4n) is 4.78. The highest BCUT2D eigenvalue weighted by atomic mass is 16.5. The van der Waals surface area contributed by atoms with E-state index in [2.05, 4.69) is 17.6 Å². The van der Waals surface area contributed by atoms with Crippen LogP contribution in [0.3, 0.4) is 0 Å². The number of para-hydroxylation sites is 1. The lowest BCUT2D eigenvalue weighted by molar-refractivity contribution is 0.182. The summed E-state index contributed by atoms with van der Waals surface area (Å²) in [6, 6.07) is 27.0. The van der Waals surface area contributed by atoms with Gasteiger partial charge in [-0.25, -0.2) is 0 Å². The van der Waals surface area contributed by atoms with E-state index >= 15 is 0 Å². The van der Waals surface area contributed by atoms with E-state index in [-0.39, 0.29) is 11.9 Å². The zero-order valence-electron chi connectivity index (χ0n) is 21.2. The molecule has 1 aliphatic heterocycles. The van der Waals surface area contributed by atoms with Crippen LogP contribution < -0.4 is 4.74 Å². The van der Waals surface area contributed by atoms with Crippen LogP contribution in [0.25, 0.3) is 22.4 Å². The molecular formula is C32H30BNO4. The first kappa shape index (κ1) is 25.5. The van der Waals surface area contributed by atoms with Gasteiger partial charge in [0.15, 0.2) is 0 Å². The van der Waals surface area contributed by atoms with Gasteiger partial charge in [0.05, 0.1) is 11.8 Å². The van der Waals surface area contributed by atoms with E-state index in [1.165, 1.54) is 0 Å². The molecule has 1 aliphatic rings. The van der Waals surface area contributed by atoms with Crippen molar-refractivity contribution in [2.24, 2.45) is 0 Å². The van der Waals surface area contributed by atoms with Crippen LogP contribution in [0.1, 0.15) is 24.1 Å². The minimum Gasteiger partial charge on any atom is -0.507 e. The molecule has 0 bridgehead atoms. The number of nitrogens with zero attached hydrogens (tertiary/aromatic N) is 1. The topological polar surface area (TPSA) is 71.8 Å². The first-order valence-corrected chi connectivity index (χ1v) is 12.8. The second-order valence-corrected chi connectivity index (χ2v) is 9.32. The smallest absolute Gasteiger partial charge is 0.458 e. The predicted octanol–water partition coefficient (Wildman–Crippen LogP) is 6.70. The van der Waals surface area contributed by atoms with Crippen LogP contribution in [0.5, 0.6) is 11.5 Å². The molecule has 2 N–H and O–H groups in total. The third-order valence-electron chi connectivity index (χ3n) is 6.71. The summed E-state index contributed by atoms with van der Waals surface area (Å²) >= 11 is 0. The van der Waals surface area contributed by atoms with Crippen LogP contribution in [-0.4, -0.2) is 34.9 Å². The number of aromatic hydroxyl groups is 1. The molecule has 38 heavy (non-hydrogen) atoms. The summed E-state index contributed by atoms with van der Waals surface area (Å²) in [5.41, 5.74) is 4.70. The van der Waals surface area contributed by atoms with Crippen molar-refractivity contribution >= 4 is 29.5 Å². The van der Waals surface area contributed by atoms with Gasteiger partial charge in [0.2, 0.25) is 0 Å². The molecule has 0 radical (unpaired) electrons. The highest BCUT2D eigenvalue weighted by molar-refractivity contribution is 6.43. The maximum Gasteiger partial charge on any atom is 0.458 e. The lowest BCUT2D eigenvalue weighted by Gasteiger charge is -2.28. The second kappa shape index (κ2) is 11.9. The van der Waals surface area contributed by atoms with Crippen molar-refractivity contribution in [3.63, 3.8) is 0 Å². The Morgan fingerprint density at radius 1 is 1.00 bits per heavy atom. The Kier molecular flexibility index (Phi) is 8.02. The highest BCUT2D eigenvalue weighted by Gasteiger charge is 2.28. The summed E-state index contributed by atoms with van der Waals surface area (Å²) in [6.45, 7) is 4.60. The van der Waals surface area contributed by atoms with Crippen molar-refractivity contribution in [3.05, 3.63) is 126 Å². The summed E-state index contributed by atoms with van der Waals surface area (Å²) in [6.07, 6.45) is 7.30. The number of hydrogen-bond acceptors (Lipinski definition) is 5. The van der Waals surface area contributed by atoms with Crippen LogP contribution >= 0.6 is 0 Å². The lowest BCUT2D eigenvalue weighted by Crippen LogP contribution is -2.32. The summed E-state index contributed by atoms with van der Waals surface area (Å²) in [7, 11) is -0.852. The molecule has 0 amide bonds. The summed E-state index contributed by atoms with van der Waals surface area (Å²) in [5, 5.41) is 22.4. The Morgan fingerprint density at radius 3 is 2.55 bits per heavy atom. The molecule has 3 aromatic carbocycles. The highest BCUT2D eigenvalue weighted by Crippen LogP contribution is 2.33. The third-order valence-corrected chi connectivity index (χ3v) is 6.71. The number of phenolic OH excluding ortho intramolecular Hbond substituents is 1.